The van der Waals surface area contributed by atoms with Crippen molar-refractivity contribution >= 4 is 45.5 Å². The van der Waals surface area contributed by atoms with E-state index in [1.807, 2.05) is 36.2 Å². The molecule has 0 aliphatic heterocycles. The van der Waals surface area contributed by atoms with Crippen LogP contribution in [-0.4, -0.2) is 27.1 Å². The first-order valence-electron chi connectivity index (χ1n) is 8.28. The van der Waals surface area contributed by atoms with Gasteiger partial charge in [0.2, 0.25) is 5.88 Å². The van der Waals surface area contributed by atoms with Crippen molar-refractivity contribution in [2.75, 3.05) is 11.9 Å². The molecule has 0 unspecified atom stereocenters. The predicted octanol–water partition coefficient (Wildman–Crippen LogP) is 5.60. The van der Waals surface area contributed by atoms with Gasteiger partial charge in [-0.3, -0.25) is 4.98 Å². The van der Waals surface area contributed by atoms with Gasteiger partial charge < -0.3 is 14.7 Å². The van der Waals surface area contributed by atoms with E-state index >= 15 is 0 Å². The molecule has 0 aliphatic carbocycles. The highest BCUT2D eigenvalue weighted by molar-refractivity contribution is 6.35. The molecule has 0 saturated carbocycles. The molecule has 1 N–H and O–H groups in total. The molecular weight excluding hydrogens is 399 g/mol. The zero-order valence-corrected chi connectivity index (χ0v) is 16.2. The van der Waals surface area contributed by atoms with Crippen LogP contribution < -0.4 is 9.64 Å². The third-order valence-electron chi connectivity index (χ3n) is 4.13. The quantitative estimate of drug-likeness (QED) is 0.470. The Morgan fingerprint density at radius 2 is 1.64 bits per heavy atom. The number of aromatic hydroxyl groups is 1. The van der Waals surface area contributed by atoms with Crippen molar-refractivity contribution in [3.63, 3.8) is 0 Å². The topological polar surface area (TPSA) is 71.4 Å². The fraction of sp³-hybridized carbons (Fsp3) is 0.0500. The van der Waals surface area contributed by atoms with E-state index in [1.54, 1.807) is 30.5 Å². The molecule has 2 aromatic heterocycles. The van der Waals surface area contributed by atoms with Gasteiger partial charge in [-0.2, -0.15) is 9.97 Å². The monoisotopic (exact) mass is 412 g/mol. The van der Waals surface area contributed by atoms with Gasteiger partial charge in [0.1, 0.15) is 5.75 Å². The summed E-state index contributed by atoms with van der Waals surface area (Å²) in [7, 11) is 1.91. The Labute approximate surface area is 171 Å². The number of aromatic nitrogens is 3. The fourth-order valence-electron chi connectivity index (χ4n) is 2.71. The van der Waals surface area contributed by atoms with E-state index in [1.165, 1.54) is 6.20 Å². The third kappa shape index (κ3) is 3.78. The molecule has 0 saturated heterocycles. The molecule has 2 aromatic carbocycles. The minimum atomic E-state index is -0.156. The first-order chi connectivity index (χ1) is 13.5. The van der Waals surface area contributed by atoms with Crippen molar-refractivity contribution in [2.45, 2.75) is 0 Å². The van der Waals surface area contributed by atoms with E-state index in [9.17, 15) is 5.11 Å². The number of halogens is 2. The van der Waals surface area contributed by atoms with Crippen molar-refractivity contribution in [3.8, 4) is 17.6 Å². The number of rotatable bonds is 4. The van der Waals surface area contributed by atoms with Crippen LogP contribution in [0.3, 0.4) is 0 Å². The summed E-state index contributed by atoms with van der Waals surface area (Å²) in [5.41, 5.74) is 2.28. The SMILES string of the molecule is CN(c1ccc(Oc2nc(O)c3ccncc3n2)cc1)c1cc(Cl)cc(Cl)c1. The first-order valence-corrected chi connectivity index (χ1v) is 9.04. The minimum Gasteiger partial charge on any atom is -0.493 e. The minimum absolute atomic E-state index is 0.0423. The Morgan fingerprint density at radius 1 is 0.929 bits per heavy atom. The lowest BCUT2D eigenvalue weighted by Gasteiger charge is -2.20. The predicted molar refractivity (Wildman–Crippen MR) is 110 cm³/mol. The summed E-state index contributed by atoms with van der Waals surface area (Å²) in [4.78, 5) is 14.2. The highest BCUT2D eigenvalue weighted by Crippen LogP contribution is 2.31. The molecule has 28 heavy (non-hydrogen) atoms. The van der Waals surface area contributed by atoms with Gasteiger partial charge >= 0.3 is 6.01 Å². The van der Waals surface area contributed by atoms with Gasteiger partial charge in [0.05, 0.1) is 17.1 Å². The Kier molecular flexibility index (Phi) is 4.90. The van der Waals surface area contributed by atoms with Crippen molar-refractivity contribution in [2.24, 2.45) is 0 Å². The molecular formula is C20H14Cl2N4O2. The molecule has 4 aromatic rings. The first kappa shape index (κ1) is 18.3. The number of hydrogen-bond acceptors (Lipinski definition) is 6. The maximum Gasteiger partial charge on any atom is 0.325 e. The number of ether oxygens (including phenoxy) is 1. The highest BCUT2D eigenvalue weighted by atomic mass is 35.5. The largest absolute Gasteiger partial charge is 0.493 e. The number of benzene rings is 2. The molecule has 2 heterocycles. The van der Waals surface area contributed by atoms with Crippen molar-refractivity contribution in [1.82, 2.24) is 15.0 Å². The standard InChI is InChI=1S/C20H14Cl2N4O2/c1-26(15-9-12(21)8-13(22)10-15)14-2-4-16(5-3-14)28-20-24-18-11-23-7-6-17(18)19(27)25-20/h2-11H,1H3,(H,24,25,27). The van der Waals surface area contributed by atoms with Crippen LogP contribution in [0.5, 0.6) is 17.6 Å². The van der Waals surface area contributed by atoms with E-state index < -0.39 is 0 Å². The zero-order chi connectivity index (χ0) is 19.7. The summed E-state index contributed by atoms with van der Waals surface area (Å²) in [6, 6.07) is 14.4. The fourth-order valence-corrected chi connectivity index (χ4v) is 3.23. The van der Waals surface area contributed by atoms with Crippen LogP contribution in [0.4, 0.5) is 11.4 Å². The van der Waals surface area contributed by atoms with E-state index in [0.717, 1.165) is 11.4 Å². The lowest BCUT2D eigenvalue weighted by Crippen LogP contribution is -2.09. The van der Waals surface area contributed by atoms with Gasteiger partial charge in [0.25, 0.3) is 0 Å². The summed E-state index contributed by atoms with van der Waals surface area (Å²) < 4.78 is 5.68. The maximum atomic E-state index is 10.0. The molecule has 0 aliphatic rings. The summed E-state index contributed by atoms with van der Waals surface area (Å²) in [6.07, 6.45) is 3.10. The number of pyridine rings is 1. The Morgan fingerprint density at radius 3 is 2.36 bits per heavy atom. The van der Waals surface area contributed by atoms with Gasteiger partial charge in [0, 0.05) is 34.7 Å². The van der Waals surface area contributed by atoms with Crippen LogP contribution in [0, 0.1) is 0 Å². The summed E-state index contributed by atoms with van der Waals surface area (Å²) in [5.74, 6) is 0.375. The van der Waals surface area contributed by atoms with Gasteiger partial charge in [-0.25, -0.2) is 0 Å². The molecule has 6 nitrogen and oxygen atoms in total. The van der Waals surface area contributed by atoms with Crippen molar-refractivity contribution in [3.05, 3.63) is 71.0 Å². The zero-order valence-electron chi connectivity index (χ0n) is 14.7. The Balaban J connectivity index is 1.56. The smallest absolute Gasteiger partial charge is 0.325 e. The molecule has 0 radical (unpaired) electrons. The van der Waals surface area contributed by atoms with Gasteiger partial charge in [-0.15, -0.1) is 0 Å². The lowest BCUT2D eigenvalue weighted by atomic mass is 10.2. The van der Waals surface area contributed by atoms with E-state index in [-0.39, 0.29) is 11.9 Å². The van der Waals surface area contributed by atoms with Crippen LogP contribution in [0.25, 0.3) is 10.9 Å². The van der Waals surface area contributed by atoms with Crippen LogP contribution in [0.1, 0.15) is 0 Å². The molecule has 0 spiro atoms. The second kappa shape index (κ2) is 7.50. The second-order valence-corrected chi connectivity index (χ2v) is 6.88. The average molecular weight is 413 g/mol. The number of fused-ring (bicyclic) bond motifs is 1. The number of anilines is 2. The van der Waals surface area contributed by atoms with Gasteiger partial charge in [-0.1, -0.05) is 23.2 Å². The number of hydrogen-bond donors (Lipinski definition) is 1. The van der Waals surface area contributed by atoms with Gasteiger partial charge in [0.15, 0.2) is 0 Å². The normalized spacial score (nSPS) is 10.8. The molecule has 140 valence electrons. The molecule has 8 heteroatoms. The molecule has 0 bridgehead atoms. The van der Waals surface area contributed by atoms with Crippen molar-refractivity contribution < 1.29 is 9.84 Å². The maximum absolute atomic E-state index is 10.0. The molecule has 0 fully saturated rings. The molecule has 0 atom stereocenters. The van der Waals surface area contributed by atoms with Crippen molar-refractivity contribution in [1.29, 1.82) is 0 Å². The Hall–Kier alpha value is -3.09. The Bertz CT molecular complexity index is 1130. The van der Waals surface area contributed by atoms with E-state index in [4.69, 9.17) is 27.9 Å². The summed E-state index contributed by atoms with van der Waals surface area (Å²) in [6.45, 7) is 0. The summed E-state index contributed by atoms with van der Waals surface area (Å²) >= 11 is 12.2. The van der Waals surface area contributed by atoms with Gasteiger partial charge in [-0.05, 0) is 48.5 Å². The molecule has 0 amide bonds. The molecule has 4 rings (SSSR count). The van der Waals surface area contributed by atoms with Crippen LogP contribution >= 0.6 is 23.2 Å². The van der Waals surface area contributed by atoms with Crippen LogP contribution in [0.15, 0.2) is 60.9 Å². The second-order valence-electron chi connectivity index (χ2n) is 6.01. The average Bonchev–Trinajstić information content (AvgIpc) is 2.67. The van der Waals surface area contributed by atoms with E-state index in [2.05, 4.69) is 15.0 Å². The lowest BCUT2D eigenvalue weighted by molar-refractivity contribution is 0.412. The highest BCUT2D eigenvalue weighted by Gasteiger charge is 2.10. The van der Waals surface area contributed by atoms with Crippen LogP contribution in [-0.2, 0) is 0 Å². The van der Waals surface area contributed by atoms with Crippen LogP contribution in [0.2, 0.25) is 10.0 Å². The van der Waals surface area contributed by atoms with E-state index in [0.29, 0.717) is 26.7 Å². The third-order valence-corrected chi connectivity index (χ3v) is 4.56. The summed E-state index contributed by atoms with van der Waals surface area (Å²) in [5, 5.41) is 11.7. The number of nitrogens with zero attached hydrogens (tertiary/aromatic N) is 4.